The standard InChI is InChI=1S/C18H21NO2S/c1-11(2)21-13-9-7-12(8-10-13)17(20)16-14-5-3-4-6-15(14)22-18(16)19/h7-11H,3-6,19H2,1-2H3. The van der Waals surface area contributed by atoms with E-state index < -0.39 is 0 Å². The Morgan fingerprint density at radius 1 is 1.18 bits per heavy atom. The van der Waals surface area contributed by atoms with Crippen molar-refractivity contribution in [1.29, 1.82) is 0 Å². The van der Waals surface area contributed by atoms with E-state index in [1.165, 1.54) is 16.9 Å². The van der Waals surface area contributed by atoms with E-state index in [1.807, 2.05) is 38.1 Å². The van der Waals surface area contributed by atoms with Gasteiger partial charge in [0.1, 0.15) is 5.75 Å². The number of thiophene rings is 1. The van der Waals surface area contributed by atoms with E-state index in [1.54, 1.807) is 11.3 Å². The van der Waals surface area contributed by atoms with Gasteiger partial charge < -0.3 is 10.5 Å². The van der Waals surface area contributed by atoms with Crippen LogP contribution in [0.4, 0.5) is 5.00 Å². The fraction of sp³-hybridized carbons (Fsp3) is 0.389. The summed E-state index contributed by atoms with van der Waals surface area (Å²) in [6.07, 6.45) is 4.49. The number of anilines is 1. The average Bonchev–Trinajstić information content (AvgIpc) is 2.82. The SMILES string of the molecule is CC(C)Oc1ccc(C(=O)c2c(N)sc3c2CCCC3)cc1. The Balaban J connectivity index is 1.89. The first-order chi connectivity index (χ1) is 10.6. The summed E-state index contributed by atoms with van der Waals surface area (Å²) >= 11 is 1.58. The molecule has 0 amide bonds. The van der Waals surface area contributed by atoms with Crippen molar-refractivity contribution < 1.29 is 9.53 Å². The van der Waals surface area contributed by atoms with Crippen LogP contribution < -0.4 is 10.5 Å². The van der Waals surface area contributed by atoms with Crippen LogP contribution in [-0.2, 0) is 12.8 Å². The van der Waals surface area contributed by atoms with E-state index in [0.717, 1.165) is 30.6 Å². The molecule has 4 heteroatoms. The molecule has 0 bridgehead atoms. The maximum Gasteiger partial charge on any atom is 0.196 e. The lowest BCUT2D eigenvalue weighted by Gasteiger charge is -2.13. The number of aryl methyl sites for hydroxylation is 1. The highest BCUT2D eigenvalue weighted by atomic mass is 32.1. The molecule has 1 aliphatic rings. The van der Waals surface area contributed by atoms with E-state index >= 15 is 0 Å². The number of hydrogen-bond donors (Lipinski definition) is 1. The second-order valence-electron chi connectivity index (χ2n) is 5.97. The fourth-order valence-electron chi connectivity index (χ4n) is 2.94. The molecule has 0 fully saturated rings. The Morgan fingerprint density at radius 2 is 1.86 bits per heavy atom. The first-order valence-electron chi connectivity index (χ1n) is 7.77. The molecule has 0 unspecified atom stereocenters. The van der Waals surface area contributed by atoms with Gasteiger partial charge in [-0.1, -0.05) is 0 Å². The summed E-state index contributed by atoms with van der Waals surface area (Å²) < 4.78 is 5.62. The molecule has 1 aromatic carbocycles. The van der Waals surface area contributed by atoms with Crippen LogP contribution in [0.5, 0.6) is 5.75 Å². The first-order valence-corrected chi connectivity index (χ1v) is 8.59. The Kier molecular flexibility index (Phi) is 4.21. The van der Waals surface area contributed by atoms with Crippen LogP contribution in [0.25, 0.3) is 0 Å². The van der Waals surface area contributed by atoms with Gasteiger partial charge in [-0.15, -0.1) is 11.3 Å². The Hall–Kier alpha value is -1.81. The van der Waals surface area contributed by atoms with Crippen LogP contribution in [-0.4, -0.2) is 11.9 Å². The molecule has 0 saturated carbocycles. The number of benzene rings is 1. The molecule has 116 valence electrons. The third-order valence-corrected chi connectivity index (χ3v) is 5.03. The minimum atomic E-state index is 0.0352. The molecule has 3 nitrogen and oxygen atoms in total. The number of fused-ring (bicyclic) bond motifs is 1. The van der Waals surface area contributed by atoms with Crippen LogP contribution in [0.3, 0.4) is 0 Å². The van der Waals surface area contributed by atoms with Crippen molar-refractivity contribution in [2.75, 3.05) is 5.73 Å². The second kappa shape index (κ2) is 6.13. The summed E-state index contributed by atoms with van der Waals surface area (Å²) in [7, 11) is 0. The van der Waals surface area contributed by atoms with Gasteiger partial charge in [0.2, 0.25) is 0 Å². The maximum atomic E-state index is 12.8. The Labute approximate surface area is 135 Å². The van der Waals surface area contributed by atoms with Crippen molar-refractivity contribution in [3.63, 3.8) is 0 Å². The Bertz CT molecular complexity index is 686. The number of carbonyl (C=O) groups is 1. The zero-order valence-electron chi connectivity index (χ0n) is 13.0. The van der Waals surface area contributed by atoms with Gasteiger partial charge in [-0.3, -0.25) is 4.79 Å². The predicted molar refractivity (Wildman–Crippen MR) is 91.0 cm³/mol. The smallest absolute Gasteiger partial charge is 0.196 e. The van der Waals surface area contributed by atoms with Crippen molar-refractivity contribution in [3.8, 4) is 5.75 Å². The number of nitrogen functional groups attached to an aromatic ring is 1. The molecule has 22 heavy (non-hydrogen) atoms. The molecular formula is C18H21NO2S. The maximum absolute atomic E-state index is 12.8. The minimum absolute atomic E-state index is 0.0352. The quantitative estimate of drug-likeness (QED) is 0.859. The first kappa shape index (κ1) is 15.1. The van der Waals surface area contributed by atoms with Crippen molar-refractivity contribution in [3.05, 3.63) is 45.8 Å². The fourth-order valence-corrected chi connectivity index (χ4v) is 4.09. The lowest BCUT2D eigenvalue weighted by molar-refractivity contribution is 0.103. The van der Waals surface area contributed by atoms with E-state index in [0.29, 0.717) is 10.6 Å². The monoisotopic (exact) mass is 315 g/mol. The largest absolute Gasteiger partial charge is 0.491 e. The van der Waals surface area contributed by atoms with Gasteiger partial charge in [0, 0.05) is 10.4 Å². The van der Waals surface area contributed by atoms with Gasteiger partial charge >= 0.3 is 0 Å². The van der Waals surface area contributed by atoms with Crippen molar-refractivity contribution >= 4 is 22.1 Å². The average molecular weight is 315 g/mol. The number of nitrogens with two attached hydrogens (primary N) is 1. The number of ether oxygens (including phenoxy) is 1. The third-order valence-electron chi connectivity index (χ3n) is 3.91. The summed E-state index contributed by atoms with van der Waals surface area (Å²) in [6, 6.07) is 7.35. The van der Waals surface area contributed by atoms with Crippen molar-refractivity contribution in [1.82, 2.24) is 0 Å². The minimum Gasteiger partial charge on any atom is -0.491 e. The highest BCUT2D eigenvalue weighted by molar-refractivity contribution is 7.16. The second-order valence-corrected chi connectivity index (χ2v) is 7.11. The molecule has 2 aromatic rings. The number of hydrogen-bond acceptors (Lipinski definition) is 4. The molecule has 2 N–H and O–H groups in total. The summed E-state index contributed by atoms with van der Waals surface area (Å²) in [4.78, 5) is 14.1. The molecule has 3 rings (SSSR count). The van der Waals surface area contributed by atoms with Crippen LogP contribution in [0.2, 0.25) is 0 Å². The number of rotatable bonds is 4. The molecule has 1 heterocycles. The molecule has 0 spiro atoms. The summed E-state index contributed by atoms with van der Waals surface area (Å²) in [5.74, 6) is 0.819. The van der Waals surface area contributed by atoms with Gasteiger partial charge in [0.25, 0.3) is 0 Å². The summed E-state index contributed by atoms with van der Waals surface area (Å²) in [6.45, 7) is 3.97. The predicted octanol–water partition coefficient (Wildman–Crippen LogP) is 4.23. The molecule has 0 atom stereocenters. The highest BCUT2D eigenvalue weighted by Crippen LogP contribution is 2.37. The zero-order chi connectivity index (χ0) is 15.7. The van der Waals surface area contributed by atoms with Gasteiger partial charge in [-0.05, 0) is 69.4 Å². The van der Waals surface area contributed by atoms with E-state index in [9.17, 15) is 4.79 Å². The lowest BCUT2D eigenvalue weighted by atomic mass is 9.92. The number of ketones is 1. The van der Waals surface area contributed by atoms with Crippen LogP contribution in [0.15, 0.2) is 24.3 Å². The molecule has 1 aromatic heterocycles. The molecule has 0 saturated heterocycles. The molecule has 0 radical (unpaired) electrons. The van der Waals surface area contributed by atoms with Gasteiger partial charge in [-0.25, -0.2) is 0 Å². The van der Waals surface area contributed by atoms with Crippen LogP contribution in [0.1, 0.15) is 53.1 Å². The van der Waals surface area contributed by atoms with Gasteiger partial charge in [0.05, 0.1) is 16.7 Å². The van der Waals surface area contributed by atoms with E-state index in [2.05, 4.69) is 0 Å². The third kappa shape index (κ3) is 2.88. The molecule has 1 aliphatic carbocycles. The number of carbonyl (C=O) groups excluding carboxylic acids is 1. The van der Waals surface area contributed by atoms with Crippen LogP contribution in [0, 0.1) is 0 Å². The van der Waals surface area contributed by atoms with Gasteiger partial charge in [0.15, 0.2) is 5.78 Å². The van der Waals surface area contributed by atoms with E-state index in [-0.39, 0.29) is 11.9 Å². The summed E-state index contributed by atoms with van der Waals surface area (Å²) in [5.41, 5.74) is 8.72. The topological polar surface area (TPSA) is 52.3 Å². The molecule has 0 aliphatic heterocycles. The highest BCUT2D eigenvalue weighted by Gasteiger charge is 2.24. The van der Waals surface area contributed by atoms with E-state index in [4.69, 9.17) is 10.5 Å². The Morgan fingerprint density at radius 3 is 2.55 bits per heavy atom. The summed E-state index contributed by atoms with van der Waals surface area (Å²) in [5, 5.41) is 0.666. The van der Waals surface area contributed by atoms with Crippen molar-refractivity contribution in [2.24, 2.45) is 0 Å². The normalized spacial score (nSPS) is 14.0. The van der Waals surface area contributed by atoms with Gasteiger partial charge in [-0.2, -0.15) is 0 Å². The molecular weight excluding hydrogens is 294 g/mol. The zero-order valence-corrected chi connectivity index (χ0v) is 13.8. The van der Waals surface area contributed by atoms with Crippen LogP contribution >= 0.6 is 11.3 Å². The lowest BCUT2D eigenvalue weighted by Crippen LogP contribution is -2.09. The van der Waals surface area contributed by atoms with Crippen molar-refractivity contribution in [2.45, 2.75) is 45.6 Å².